The molecule has 1 aliphatic rings. The van der Waals surface area contributed by atoms with Crippen molar-refractivity contribution in [3.8, 4) is 17.2 Å². The molecule has 3 rings (SSSR count). The van der Waals surface area contributed by atoms with Crippen LogP contribution >= 0.6 is 11.6 Å². The number of aliphatic hydroxyl groups excluding tert-OH is 1. The lowest BCUT2D eigenvalue weighted by Crippen LogP contribution is -2.30. The third-order valence-corrected chi connectivity index (χ3v) is 5.54. The van der Waals surface area contributed by atoms with Gasteiger partial charge in [0, 0.05) is 12.1 Å². The number of Topliss-reactive ketones (excluding diaryl/α,β-unsaturated/α-hetero) is 1. The standard InChI is InChI=1S/C24H26ClNO6/c1-5-11-26-21(14-8-10-17(32-6-2)19(12-14)31-4)20(23(28)24(26)29)22(27)15-7-9-16(25)18(13-15)30-3/h7-10,12-13,21,27H,5-6,11H2,1-4H3/b22-20-. The second-order valence-electron chi connectivity index (χ2n) is 7.19. The number of rotatable bonds is 8. The summed E-state index contributed by atoms with van der Waals surface area (Å²) in [5.74, 6) is -0.337. The third-order valence-electron chi connectivity index (χ3n) is 5.23. The van der Waals surface area contributed by atoms with E-state index in [4.69, 9.17) is 25.8 Å². The minimum absolute atomic E-state index is 0.000890. The molecular formula is C24H26ClNO6. The molecule has 1 saturated heterocycles. The average molecular weight is 460 g/mol. The minimum Gasteiger partial charge on any atom is -0.507 e. The second kappa shape index (κ2) is 9.96. The zero-order chi connectivity index (χ0) is 23.4. The molecule has 2 aromatic carbocycles. The summed E-state index contributed by atoms with van der Waals surface area (Å²) in [6.45, 7) is 4.59. The number of aliphatic hydroxyl groups is 1. The predicted octanol–water partition coefficient (Wildman–Crippen LogP) is 4.59. The highest BCUT2D eigenvalue weighted by Crippen LogP contribution is 2.42. The van der Waals surface area contributed by atoms with Gasteiger partial charge in [0.25, 0.3) is 11.7 Å². The maximum Gasteiger partial charge on any atom is 0.295 e. The molecule has 0 saturated carbocycles. The van der Waals surface area contributed by atoms with Crippen molar-refractivity contribution in [2.75, 3.05) is 27.4 Å². The van der Waals surface area contributed by atoms with Crippen molar-refractivity contribution in [2.45, 2.75) is 26.3 Å². The van der Waals surface area contributed by atoms with E-state index in [9.17, 15) is 14.7 Å². The van der Waals surface area contributed by atoms with Gasteiger partial charge in [0.05, 0.1) is 37.5 Å². The molecule has 8 heteroatoms. The number of hydrogen-bond donors (Lipinski definition) is 1. The highest BCUT2D eigenvalue weighted by atomic mass is 35.5. The van der Waals surface area contributed by atoms with E-state index < -0.39 is 17.7 Å². The first-order chi connectivity index (χ1) is 15.4. The summed E-state index contributed by atoms with van der Waals surface area (Å²) in [6, 6.07) is 9.11. The highest BCUT2D eigenvalue weighted by Gasteiger charge is 2.46. The Hall–Kier alpha value is -3.19. The smallest absolute Gasteiger partial charge is 0.295 e. The van der Waals surface area contributed by atoms with Crippen molar-refractivity contribution >= 4 is 29.1 Å². The van der Waals surface area contributed by atoms with Crippen LogP contribution in [-0.4, -0.2) is 49.1 Å². The summed E-state index contributed by atoms with van der Waals surface area (Å²) in [4.78, 5) is 27.3. The fourth-order valence-corrected chi connectivity index (χ4v) is 3.98. The Balaban J connectivity index is 2.20. The maximum atomic E-state index is 13.0. The third kappa shape index (κ3) is 4.25. The van der Waals surface area contributed by atoms with Crippen LogP contribution in [0.15, 0.2) is 42.0 Å². The van der Waals surface area contributed by atoms with Gasteiger partial charge in [-0.05, 0) is 49.2 Å². The molecule has 0 spiro atoms. The number of carbonyl (C=O) groups is 2. The largest absolute Gasteiger partial charge is 0.507 e. The Bertz CT molecular complexity index is 1060. The van der Waals surface area contributed by atoms with Crippen molar-refractivity contribution < 1.29 is 28.9 Å². The molecule has 2 aromatic rings. The number of ether oxygens (including phenoxy) is 3. The molecule has 0 aliphatic carbocycles. The van der Waals surface area contributed by atoms with Crippen LogP contribution in [0.2, 0.25) is 5.02 Å². The number of hydrogen-bond acceptors (Lipinski definition) is 6. The van der Waals surface area contributed by atoms with Crippen molar-refractivity contribution in [1.29, 1.82) is 0 Å². The fourth-order valence-electron chi connectivity index (χ4n) is 3.79. The summed E-state index contributed by atoms with van der Waals surface area (Å²) < 4.78 is 16.3. The Labute approximate surface area is 192 Å². The molecule has 1 fully saturated rings. The normalized spacial score (nSPS) is 17.5. The van der Waals surface area contributed by atoms with E-state index in [1.807, 2.05) is 13.8 Å². The molecule has 0 bridgehead atoms. The number of amides is 1. The Kier molecular flexibility index (Phi) is 7.30. The number of benzene rings is 2. The van der Waals surface area contributed by atoms with Gasteiger partial charge in [-0.3, -0.25) is 9.59 Å². The molecular weight excluding hydrogens is 434 g/mol. The Morgan fingerprint density at radius 1 is 1.03 bits per heavy atom. The van der Waals surface area contributed by atoms with E-state index in [1.165, 1.54) is 25.2 Å². The van der Waals surface area contributed by atoms with E-state index in [2.05, 4.69) is 0 Å². The number of likely N-dealkylation sites (tertiary alicyclic amines) is 1. The van der Waals surface area contributed by atoms with Gasteiger partial charge in [0.1, 0.15) is 11.5 Å². The molecule has 170 valence electrons. The van der Waals surface area contributed by atoms with Gasteiger partial charge in [0.15, 0.2) is 11.5 Å². The molecule has 1 heterocycles. The molecule has 1 N–H and O–H groups in total. The molecule has 1 amide bonds. The molecule has 0 aromatic heterocycles. The monoisotopic (exact) mass is 459 g/mol. The van der Waals surface area contributed by atoms with Crippen LogP contribution in [0.5, 0.6) is 17.2 Å². The van der Waals surface area contributed by atoms with Gasteiger partial charge >= 0.3 is 0 Å². The van der Waals surface area contributed by atoms with Crippen LogP contribution < -0.4 is 14.2 Å². The second-order valence-corrected chi connectivity index (χ2v) is 7.59. The lowest BCUT2D eigenvalue weighted by atomic mass is 9.95. The zero-order valence-electron chi connectivity index (χ0n) is 18.5. The molecule has 7 nitrogen and oxygen atoms in total. The van der Waals surface area contributed by atoms with Crippen LogP contribution in [0.3, 0.4) is 0 Å². The molecule has 1 aliphatic heterocycles. The first-order valence-electron chi connectivity index (χ1n) is 10.3. The Morgan fingerprint density at radius 2 is 1.75 bits per heavy atom. The molecule has 32 heavy (non-hydrogen) atoms. The van der Waals surface area contributed by atoms with Gasteiger partial charge in [-0.25, -0.2) is 0 Å². The summed E-state index contributed by atoms with van der Waals surface area (Å²) in [5, 5.41) is 11.5. The number of ketones is 1. The summed E-state index contributed by atoms with van der Waals surface area (Å²) >= 11 is 6.10. The number of nitrogens with zero attached hydrogens (tertiary/aromatic N) is 1. The van der Waals surface area contributed by atoms with Crippen LogP contribution in [0.1, 0.15) is 37.4 Å². The van der Waals surface area contributed by atoms with Gasteiger partial charge < -0.3 is 24.2 Å². The van der Waals surface area contributed by atoms with Crippen molar-refractivity contribution in [3.05, 3.63) is 58.1 Å². The number of methoxy groups -OCH3 is 2. The minimum atomic E-state index is -0.777. The first-order valence-corrected chi connectivity index (χ1v) is 10.7. The summed E-state index contributed by atoms with van der Waals surface area (Å²) in [7, 11) is 2.97. The van der Waals surface area contributed by atoms with Crippen LogP contribution in [0.4, 0.5) is 0 Å². The van der Waals surface area contributed by atoms with Crippen molar-refractivity contribution in [2.24, 2.45) is 0 Å². The van der Waals surface area contributed by atoms with Gasteiger partial charge in [-0.2, -0.15) is 0 Å². The predicted molar refractivity (Wildman–Crippen MR) is 121 cm³/mol. The summed E-state index contributed by atoms with van der Waals surface area (Å²) in [5.41, 5.74) is 0.947. The first kappa shape index (κ1) is 23.5. The highest BCUT2D eigenvalue weighted by molar-refractivity contribution is 6.46. The van der Waals surface area contributed by atoms with E-state index in [0.717, 1.165) is 0 Å². The van der Waals surface area contributed by atoms with E-state index in [-0.39, 0.29) is 11.3 Å². The molecule has 1 atom stereocenters. The van der Waals surface area contributed by atoms with Gasteiger partial charge in [-0.15, -0.1) is 0 Å². The molecule has 1 unspecified atom stereocenters. The van der Waals surface area contributed by atoms with Gasteiger partial charge in [-0.1, -0.05) is 24.6 Å². The van der Waals surface area contributed by atoms with Gasteiger partial charge in [0.2, 0.25) is 0 Å². The van der Waals surface area contributed by atoms with Crippen LogP contribution in [0.25, 0.3) is 5.76 Å². The maximum absolute atomic E-state index is 13.0. The van der Waals surface area contributed by atoms with Crippen molar-refractivity contribution in [3.63, 3.8) is 0 Å². The van der Waals surface area contributed by atoms with E-state index in [1.54, 1.807) is 30.3 Å². The SMILES string of the molecule is CCCN1C(=O)C(=O)/C(=C(\O)c2ccc(Cl)c(OC)c2)C1c1ccc(OCC)c(OC)c1. The fraction of sp³-hybridized carbons (Fsp3) is 0.333. The quantitative estimate of drug-likeness (QED) is 0.353. The van der Waals surface area contributed by atoms with E-state index >= 15 is 0 Å². The van der Waals surface area contributed by atoms with E-state index in [0.29, 0.717) is 53.0 Å². The lowest BCUT2D eigenvalue weighted by molar-refractivity contribution is -0.139. The summed E-state index contributed by atoms with van der Waals surface area (Å²) in [6.07, 6.45) is 0.645. The number of carbonyl (C=O) groups excluding carboxylic acids is 2. The van der Waals surface area contributed by atoms with Crippen LogP contribution in [0, 0.1) is 0 Å². The molecule has 0 radical (unpaired) electrons. The average Bonchev–Trinajstić information content (AvgIpc) is 3.04. The lowest BCUT2D eigenvalue weighted by Gasteiger charge is -2.25. The topological polar surface area (TPSA) is 85.3 Å². The number of halogens is 1. The van der Waals surface area contributed by atoms with Crippen LogP contribution in [-0.2, 0) is 9.59 Å². The zero-order valence-corrected chi connectivity index (χ0v) is 19.2. The van der Waals surface area contributed by atoms with Crippen molar-refractivity contribution in [1.82, 2.24) is 4.90 Å². The Morgan fingerprint density at radius 3 is 2.38 bits per heavy atom.